The van der Waals surface area contributed by atoms with Crippen LogP contribution in [0.1, 0.15) is 67.9 Å². The van der Waals surface area contributed by atoms with Crippen molar-refractivity contribution in [2.24, 2.45) is 0 Å². The molecule has 2 heterocycles. The van der Waals surface area contributed by atoms with Crippen LogP contribution in [0.15, 0.2) is 28.8 Å². The molecule has 1 aliphatic heterocycles. The van der Waals surface area contributed by atoms with Crippen LogP contribution in [0.2, 0.25) is 0 Å². The van der Waals surface area contributed by atoms with E-state index in [1.54, 1.807) is 0 Å². The van der Waals surface area contributed by atoms with E-state index in [1.165, 1.54) is 5.56 Å². The molecule has 0 spiro atoms. The first-order valence-electron chi connectivity index (χ1n) is 9.42. The number of aromatic nitrogens is 2. The monoisotopic (exact) mass is 356 g/mol. The van der Waals surface area contributed by atoms with Crippen molar-refractivity contribution in [2.75, 3.05) is 13.1 Å². The third kappa shape index (κ3) is 4.69. The Labute approximate surface area is 155 Å². The number of likely N-dealkylation sites (tertiary alicyclic amines) is 1. The highest BCUT2D eigenvalue weighted by molar-refractivity contribution is 5.76. The van der Waals surface area contributed by atoms with Crippen LogP contribution in [0.25, 0.3) is 0 Å². The van der Waals surface area contributed by atoms with E-state index in [0.29, 0.717) is 25.4 Å². The number of nitrogens with zero attached hydrogens (tertiary/aromatic N) is 3. The highest BCUT2D eigenvalue weighted by Crippen LogP contribution is 2.31. The zero-order valence-corrected chi connectivity index (χ0v) is 15.9. The highest BCUT2D eigenvalue weighted by Gasteiger charge is 2.31. The molecule has 0 radical (unpaired) electrons. The van der Waals surface area contributed by atoms with Gasteiger partial charge in [-0.15, -0.1) is 0 Å². The molecular weight excluding hydrogens is 328 g/mol. The second-order valence-corrected chi connectivity index (χ2v) is 7.35. The molecule has 1 amide bonds. The molecule has 0 bridgehead atoms. The second kappa shape index (κ2) is 8.45. The largest absolute Gasteiger partial charge is 0.352 e. The Balaban J connectivity index is 1.48. The smallest absolute Gasteiger partial charge is 0.244 e. The Kier molecular flexibility index (Phi) is 6.04. The van der Waals surface area contributed by atoms with Crippen molar-refractivity contribution < 1.29 is 9.32 Å². The van der Waals surface area contributed by atoms with Gasteiger partial charge in [0.25, 0.3) is 0 Å². The quantitative estimate of drug-likeness (QED) is 0.824. The van der Waals surface area contributed by atoms with Gasteiger partial charge in [0, 0.05) is 25.4 Å². The Morgan fingerprint density at radius 3 is 2.81 bits per heavy atom. The first kappa shape index (κ1) is 18.6. The number of carbonyl (C=O) groups is 1. The van der Waals surface area contributed by atoms with Crippen LogP contribution in [0, 0.1) is 6.92 Å². The summed E-state index contributed by atoms with van der Waals surface area (Å²) in [6, 6.07) is 8.36. The summed E-state index contributed by atoms with van der Waals surface area (Å²) in [5.74, 6) is 1.77. The molecule has 1 aliphatic rings. The molecule has 26 heavy (non-hydrogen) atoms. The van der Waals surface area contributed by atoms with Gasteiger partial charge in [-0.25, -0.2) is 0 Å². The SMILES string of the molecule is Cc1ccc(CNC(=O)CCN2CCC[C@H]2c2nc(C(C)C)no2)cc1. The number of rotatable bonds is 7. The average molecular weight is 356 g/mol. The van der Waals surface area contributed by atoms with E-state index in [1.807, 2.05) is 12.1 Å². The summed E-state index contributed by atoms with van der Waals surface area (Å²) < 4.78 is 5.46. The predicted molar refractivity (Wildman–Crippen MR) is 99.6 cm³/mol. The molecule has 140 valence electrons. The summed E-state index contributed by atoms with van der Waals surface area (Å²) in [7, 11) is 0. The van der Waals surface area contributed by atoms with Crippen molar-refractivity contribution in [3.8, 4) is 0 Å². The van der Waals surface area contributed by atoms with Gasteiger partial charge in [0.05, 0.1) is 6.04 Å². The summed E-state index contributed by atoms with van der Waals surface area (Å²) in [6.07, 6.45) is 2.58. The van der Waals surface area contributed by atoms with Crippen LogP contribution in [0.4, 0.5) is 0 Å². The Hall–Kier alpha value is -2.21. The normalized spacial score (nSPS) is 17.8. The van der Waals surface area contributed by atoms with E-state index in [-0.39, 0.29) is 17.9 Å². The van der Waals surface area contributed by atoms with E-state index in [0.717, 1.165) is 30.8 Å². The number of aryl methyl sites for hydroxylation is 1. The van der Waals surface area contributed by atoms with E-state index >= 15 is 0 Å². The number of carbonyl (C=O) groups excluding carboxylic acids is 1. The molecule has 2 aromatic rings. The molecule has 0 unspecified atom stereocenters. The third-order valence-electron chi connectivity index (χ3n) is 4.86. The lowest BCUT2D eigenvalue weighted by atomic mass is 10.1. The lowest BCUT2D eigenvalue weighted by molar-refractivity contribution is -0.121. The molecule has 1 atom stereocenters. The predicted octanol–water partition coefficient (Wildman–Crippen LogP) is 3.34. The van der Waals surface area contributed by atoms with Gasteiger partial charge < -0.3 is 9.84 Å². The number of nitrogens with one attached hydrogen (secondary N) is 1. The summed E-state index contributed by atoms with van der Waals surface area (Å²) in [4.78, 5) is 19.0. The Morgan fingerprint density at radius 2 is 2.12 bits per heavy atom. The molecule has 1 aromatic heterocycles. The molecule has 1 fully saturated rings. The molecular formula is C20H28N4O2. The zero-order valence-electron chi connectivity index (χ0n) is 15.9. The summed E-state index contributed by atoms with van der Waals surface area (Å²) in [5.41, 5.74) is 2.34. The van der Waals surface area contributed by atoms with Crippen molar-refractivity contribution in [2.45, 2.75) is 58.5 Å². The van der Waals surface area contributed by atoms with Gasteiger partial charge in [0.1, 0.15) is 0 Å². The Morgan fingerprint density at radius 1 is 1.35 bits per heavy atom. The van der Waals surface area contributed by atoms with Crippen LogP contribution in [-0.2, 0) is 11.3 Å². The van der Waals surface area contributed by atoms with Gasteiger partial charge >= 0.3 is 0 Å². The van der Waals surface area contributed by atoms with Crippen molar-refractivity contribution in [3.63, 3.8) is 0 Å². The van der Waals surface area contributed by atoms with Crippen molar-refractivity contribution in [1.82, 2.24) is 20.4 Å². The summed E-state index contributed by atoms with van der Waals surface area (Å²) in [5, 5.41) is 7.07. The first-order valence-corrected chi connectivity index (χ1v) is 9.42. The van der Waals surface area contributed by atoms with Gasteiger partial charge in [0.2, 0.25) is 11.8 Å². The minimum atomic E-state index is 0.0737. The number of amides is 1. The minimum Gasteiger partial charge on any atom is -0.352 e. The summed E-state index contributed by atoms with van der Waals surface area (Å²) in [6.45, 7) is 8.42. The lowest BCUT2D eigenvalue weighted by Gasteiger charge is -2.21. The molecule has 3 rings (SSSR count). The maximum atomic E-state index is 12.2. The van der Waals surface area contributed by atoms with E-state index < -0.39 is 0 Å². The summed E-state index contributed by atoms with van der Waals surface area (Å²) >= 11 is 0. The fraction of sp³-hybridized carbons (Fsp3) is 0.550. The second-order valence-electron chi connectivity index (χ2n) is 7.35. The maximum absolute atomic E-state index is 12.2. The molecule has 0 saturated carbocycles. The van der Waals surface area contributed by atoms with Gasteiger partial charge in [-0.2, -0.15) is 4.98 Å². The standard InChI is InChI=1S/C20H28N4O2/c1-14(2)19-22-20(26-23-19)17-5-4-11-24(17)12-10-18(25)21-13-16-8-6-15(3)7-9-16/h6-9,14,17H,4-5,10-13H2,1-3H3,(H,21,25)/t17-/m0/s1. The highest BCUT2D eigenvalue weighted by atomic mass is 16.5. The molecule has 0 aliphatic carbocycles. The number of benzene rings is 1. The molecule has 6 heteroatoms. The average Bonchev–Trinajstić information content (AvgIpc) is 3.28. The fourth-order valence-corrected chi connectivity index (χ4v) is 3.23. The Bertz CT molecular complexity index is 724. The topological polar surface area (TPSA) is 71.3 Å². The molecule has 6 nitrogen and oxygen atoms in total. The van der Waals surface area contributed by atoms with E-state index in [2.05, 4.69) is 53.3 Å². The van der Waals surface area contributed by atoms with Crippen molar-refractivity contribution in [3.05, 3.63) is 47.1 Å². The van der Waals surface area contributed by atoms with Crippen molar-refractivity contribution >= 4 is 5.91 Å². The first-order chi connectivity index (χ1) is 12.5. The van der Waals surface area contributed by atoms with Crippen LogP contribution >= 0.6 is 0 Å². The van der Waals surface area contributed by atoms with Crippen LogP contribution in [-0.4, -0.2) is 34.0 Å². The van der Waals surface area contributed by atoms with Gasteiger partial charge in [0.15, 0.2) is 5.82 Å². The van der Waals surface area contributed by atoms with E-state index in [9.17, 15) is 4.79 Å². The van der Waals surface area contributed by atoms with Crippen LogP contribution in [0.5, 0.6) is 0 Å². The zero-order chi connectivity index (χ0) is 18.5. The molecule has 1 aromatic carbocycles. The van der Waals surface area contributed by atoms with Gasteiger partial charge in [-0.05, 0) is 31.9 Å². The lowest BCUT2D eigenvalue weighted by Crippen LogP contribution is -2.30. The van der Waals surface area contributed by atoms with Crippen LogP contribution < -0.4 is 5.32 Å². The van der Waals surface area contributed by atoms with Gasteiger partial charge in [-0.3, -0.25) is 9.69 Å². The molecule has 1 saturated heterocycles. The van der Waals surface area contributed by atoms with Gasteiger partial charge in [-0.1, -0.05) is 48.8 Å². The number of hydrogen-bond acceptors (Lipinski definition) is 5. The number of hydrogen-bond donors (Lipinski definition) is 1. The fourth-order valence-electron chi connectivity index (χ4n) is 3.23. The third-order valence-corrected chi connectivity index (χ3v) is 4.86. The van der Waals surface area contributed by atoms with Crippen molar-refractivity contribution in [1.29, 1.82) is 0 Å². The van der Waals surface area contributed by atoms with Crippen LogP contribution in [0.3, 0.4) is 0 Å². The maximum Gasteiger partial charge on any atom is 0.244 e. The van der Waals surface area contributed by atoms with E-state index in [4.69, 9.17) is 4.52 Å². The molecule has 1 N–H and O–H groups in total. The minimum absolute atomic E-state index is 0.0737.